The molecule has 19 heavy (non-hydrogen) atoms. The molecule has 106 valence electrons. The van der Waals surface area contributed by atoms with Gasteiger partial charge in [-0.25, -0.2) is 0 Å². The second kappa shape index (κ2) is 5.59. The maximum atomic E-state index is 12.0. The third-order valence-corrected chi connectivity index (χ3v) is 3.83. The number of carbonyl (C=O) groups is 3. The molecule has 1 heterocycles. The second-order valence-corrected chi connectivity index (χ2v) is 5.46. The Bertz CT molecular complexity index is 384. The van der Waals surface area contributed by atoms with E-state index in [0.29, 0.717) is 25.9 Å². The fourth-order valence-corrected chi connectivity index (χ4v) is 2.53. The molecular weight excluding hydrogens is 248 g/mol. The molecule has 0 unspecified atom stereocenters. The largest absolute Gasteiger partial charge is 0.480 e. The van der Waals surface area contributed by atoms with E-state index in [1.165, 1.54) is 11.9 Å². The molecule has 6 heteroatoms. The van der Waals surface area contributed by atoms with E-state index >= 15 is 0 Å². The number of nitrogens with zero attached hydrogens (tertiary/aromatic N) is 2. The Kier molecular flexibility index (Phi) is 4.07. The number of hydrogen-bond donors (Lipinski definition) is 1. The lowest BCUT2D eigenvalue weighted by molar-refractivity contribution is -0.146. The average molecular weight is 268 g/mol. The van der Waals surface area contributed by atoms with Gasteiger partial charge < -0.3 is 14.9 Å². The van der Waals surface area contributed by atoms with Crippen molar-refractivity contribution < 1.29 is 19.5 Å². The summed E-state index contributed by atoms with van der Waals surface area (Å²) < 4.78 is 0. The van der Waals surface area contributed by atoms with E-state index in [0.717, 1.165) is 12.8 Å². The van der Waals surface area contributed by atoms with Crippen molar-refractivity contribution in [2.45, 2.75) is 25.7 Å². The summed E-state index contributed by atoms with van der Waals surface area (Å²) in [5, 5.41) is 8.67. The maximum absolute atomic E-state index is 12.0. The molecule has 0 aromatic heterocycles. The van der Waals surface area contributed by atoms with Gasteiger partial charge in [-0.1, -0.05) is 0 Å². The van der Waals surface area contributed by atoms with Gasteiger partial charge in [0.15, 0.2) is 0 Å². The van der Waals surface area contributed by atoms with Gasteiger partial charge in [0.05, 0.1) is 0 Å². The molecule has 0 radical (unpaired) electrons. The monoisotopic (exact) mass is 268 g/mol. The van der Waals surface area contributed by atoms with E-state index in [-0.39, 0.29) is 30.2 Å². The van der Waals surface area contributed by atoms with Gasteiger partial charge in [0, 0.05) is 32.0 Å². The van der Waals surface area contributed by atoms with Crippen molar-refractivity contribution in [3.05, 3.63) is 0 Å². The van der Waals surface area contributed by atoms with Crippen LogP contribution in [0.2, 0.25) is 0 Å². The minimum Gasteiger partial charge on any atom is -0.480 e. The lowest BCUT2D eigenvalue weighted by Gasteiger charge is -2.33. The summed E-state index contributed by atoms with van der Waals surface area (Å²) in [5.41, 5.74) is 0. The zero-order valence-corrected chi connectivity index (χ0v) is 11.2. The van der Waals surface area contributed by atoms with E-state index in [2.05, 4.69) is 0 Å². The highest BCUT2D eigenvalue weighted by Gasteiger charge is 2.36. The molecule has 2 amide bonds. The van der Waals surface area contributed by atoms with Gasteiger partial charge in [-0.15, -0.1) is 0 Å². The number of carboxylic acid groups (broad SMARTS) is 1. The minimum absolute atomic E-state index is 0.124. The number of carboxylic acids is 1. The molecule has 6 nitrogen and oxygen atoms in total. The molecule has 1 saturated carbocycles. The Hall–Kier alpha value is -1.59. The lowest BCUT2D eigenvalue weighted by Crippen LogP contribution is -2.44. The van der Waals surface area contributed by atoms with Crippen LogP contribution in [-0.2, 0) is 14.4 Å². The molecule has 1 aliphatic heterocycles. The van der Waals surface area contributed by atoms with E-state index in [4.69, 9.17) is 5.11 Å². The van der Waals surface area contributed by atoms with Crippen LogP contribution in [-0.4, -0.2) is 59.4 Å². The predicted octanol–water partition coefficient (Wildman–Crippen LogP) is 0.178. The Morgan fingerprint density at radius 2 is 1.68 bits per heavy atom. The first kappa shape index (κ1) is 13.8. The quantitative estimate of drug-likeness (QED) is 0.789. The van der Waals surface area contributed by atoms with Gasteiger partial charge in [-0.2, -0.15) is 0 Å². The molecule has 0 aromatic rings. The summed E-state index contributed by atoms with van der Waals surface area (Å²) in [6, 6.07) is 0. The topological polar surface area (TPSA) is 77.9 Å². The minimum atomic E-state index is -1.00. The second-order valence-electron chi connectivity index (χ2n) is 5.46. The van der Waals surface area contributed by atoms with Crippen LogP contribution in [0, 0.1) is 11.8 Å². The predicted molar refractivity (Wildman–Crippen MR) is 67.3 cm³/mol. The van der Waals surface area contributed by atoms with E-state index in [1.807, 2.05) is 4.90 Å². The number of likely N-dealkylation sites (N-methyl/N-ethyl adjacent to an activating group) is 1. The first-order chi connectivity index (χ1) is 8.99. The van der Waals surface area contributed by atoms with Crippen LogP contribution in [0.3, 0.4) is 0 Å². The Morgan fingerprint density at radius 3 is 2.16 bits per heavy atom. The number of aliphatic carboxylic acids is 1. The summed E-state index contributed by atoms with van der Waals surface area (Å²) >= 11 is 0. The molecule has 0 atom stereocenters. The molecule has 0 aromatic carbocycles. The number of carbonyl (C=O) groups excluding carboxylic acids is 2. The van der Waals surface area contributed by atoms with Crippen molar-refractivity contribution in [1.82, 2.24) is 9.80 Å². The smallest absolute Gasteiger partial charge is 0.323 e. The summed E-state index contributed by atoms with van der Waals surface area (Å²) in [6.07, 6.45) is 3.28. The fraction of sp³-hybridized carbons (Fsp3) is 0.769. The maximum Gasteiger partial charge on any atom is 0.323 e. The third-order valence-electron chi connectivity index (χ3n) is 3.83. The summed E-state index contributed by atoms with van der Waals surface area (Å²) in [4.78, 5) is 37.6. The molecule has 2 aliphatic rings. The van der Waals surface area contributed by atoms with Gasteiger partial charge in [0.1, 0.15) is 6.54 Å². The van der Waals surface area contributed by atoms with E-state index in [9.17, 15) is 14.4 Å². The summed E-state index contributed by atoms with van der Waals surface area (Å²) in [6.45, 7) is 0.972. The summed E-state index contributed by atoms with van der Waals surface area (Å²) in [7, 11) is 1.51. The Morgan fingerprint density at radius 1 is 1.11 bits per heavy atom. The van der Waals surface area contributed by atoms with Gasteiger partial charge >= 0.3 is 5.97 Å². The van der Waals surface area contributed by atoms with Gasteiger partial charge in [0.2, 0.25) is 11.8 Å². The first-order valence-corrected chi connectivity index (χ1v) is 6.74. The number of rotatable bonds is 4. The van der Waals surface area contributed by atoms with Gasteiger partial charge in [-0.05, 0) is 25.7 Å². The van der Waals surface area contributed by atoms with Crippen LogP contribution in [0.25, 0.3) is 0 Å². The highest BCUT2D eigenvalue weighted by Crippen LogP contribution is 2.32. The van der Waals surface area contributed by atoms with Crippen molar-refractivity contribution in [2.75, 3.05) is 26.7 Å². The van der Waals surface area contributed by atoms with Crippen LogP contribution in [0.1, 0.15) is 25.7 Å². The zero-order valence-electron chi connectivity index (χ0n) is 11.2. The molecule has 1 saturated heterocycles. The molecule has 1 N–H and O–H groups in total. The zero-order chi connectivity index (χ0) is 14.0. The number of hydrogen-bond acceptors (Lipinski definition) is 3. The van der Waals surface area contributed by atoms with Crippen molar-refractivity contribution in [3.8, 4) is 0 Å². The van der Waals surface area contributed by atoms with Crippen LogP contribution >= 0.6 is 0 Å². The number of likely N-dealkylation sites (tertiary alicyclic amines) is 1. The van der Waals surface area contributed by atoms with Crippen LogP contribution in [0.5, 0.6) is 0 Å². The third kappa shape index (κ3) is 3.45. The van der Waals surface area contributed by atoms with Crippen LogP contribution in [0.15, 0.2) is 0 Å². The normalized spacial score (nSPS) is 20.2. The van der Waals surface area contributed by atoms with Gasteiger partial charge in [0.25, 0.3) is 0 Å². The molecule has 0 spiro atoms. The fourth-order valence-electron chi connectivity index (χ4n) is 2.53. The van der Waals surface area contributed by atoms with Crippen LogP contribution in [0.4, 0.5) is 0 Å². The standard InChI is InChI=1S/C13H20N2O4/c1-14(8-11(16)17)12(18)10-4-6-15(7-5-10)13(19)9-2-3-9/h9-10H,2-8H2,1H3,(H,16,17). The lowest BCUT2D eigenvalue weighted by atomic mass is 9.95. The molecule has 1 aliphatic carbocycles. The van der Waals surface area contributed by atoms with Crippen molar-refractivity contribution >= 4 is 17.8 Å². The Balaban J connectivity index is 1.80. The van der Waals surface area contributed by atoms with Crippen molar-refractivity contribution in [3.63, 3.8) is 0 Å². The number of amides is 2. The molecule has 0 bridgehead atoms. The molecule has 2 fully saturated rings. The average Bonchev–Trinajstić information content (AvgIpc) is 3.20. The molecular formula is C13H20N2O4. The van der Waals surface area contributed by atoms with E-state index in [1.54, 1.807) is 0 Å². The first-order valence-electron chi connectivity index (χ1n) is 6.74. The Labute approximate surface area is 112 Å². The van der Waals surface area contributed by atoms with E-state index < -0.39 is 5.97 Å². The number of piperidine rings is 1. The SMILES string of the molecule is CN(CC(=O)O)C(=O)C1CCN(C(=O)C2CC2)CC1. The van der Waals surface area contributed by atoms with Gasteiger partial charge in [-0.3, -0.25) is 14.4 Å². The van der Waals surface area contributed by atoms with Crippen molar-refractivity contribution in [1.29, 1.82) is 0 Å². The highest BCUT2D eigenvalue weighted by molar-refractivity contribution is 5.84. The molecule has 2 rings (SSSR count). The van der Waals surface area contributed by atoms with Crippen molar-refractivity contribution in [2.24, 2.45) is 11.8 Å². The van der Waals surface area contributed by atoms with Crippen LogP contribution < -0.4 is 0 Å². The summed E-state index contributed by atoms with van der Waals surface area (Å²) in [5.74, 6) is -0.822. The highest BCUT2D eigenvalue weighted by atomic mass is 16.4.